The molecule has 96 valence electrons. The minimum Gasteiger partial charge on any atom is -0.508 e. The number of hydrogen-bond donors (Lipinski definition) is 1. The zero-order valence-corrected chi connectivity index (χ0v) is 10.5. The fraction of sp³-hybridized carbons (Fsp3) is 0.308. The van der Waals surface area contributed by atoms with Crippen LogP contribution in [0.5, 0.6) is 11.5 Å². The monoisotopic (exact) mass is 248 g/mol. The van der Waals surface area contributed by atoms with E-state index in [9.17, 15) is 5.11 Å². The third-order valence-corrected chi connectivity index (χ3v) is 2.65. The molecule has 0 fully saturated rings. The van der Waals surface area contributed by atoms with Gasteiger partial charge in [-0.05, 0) is 18.2 Å². The molecular weight excluding hydrogens is 232 g/mol. The number of ether oxygens (including phenoxy) is 2. The Bertz CT molecular complexity index is 523. The minimum absolute atomic E-state index is 0.204. The highest BCUT2D eigenvalue weighted by atomic mass is 16.5. The molecule has 0 saturated carbocycles. The van der Waals surface area contributed by atoms with Gasteiger partial charge in [0.1, 0.15) is 11.5 Å². The Balaban J connectivity index is 2.30. The topological polar surface area (TPSA) is 56.5 Å². The quantitative estimate of drug-likeness (QED) is 0.878. The summed E-state index contributed by atoms with van der Waals surface area (Å²) >= 11 is 0. The van der Waals surface area contributed by atoms with Crippen LogP contribution in [0.15, 0.2) is 30.6 Å². The molecule has 1 N–H and O–H groups in total. The third-order valence-electron chi connectivity index (χ3n) is 2.65. The first-order valence-electron chi connectivity index (χ1n) is 5.63. The predicted octanol–water partition coefficient (Wildman–Crippen LogP) is 1.91. The van der Waals surface area contributed by atoms with Gasteiger partial charge in [-0.15, -0.1) is 0 Å². The number of nitrogens with zero attached hydrogens (tertiary/aromatic N) is 2. The van der Waals surface area contributed by atoms with Crippen molar-refractivity contribution in [2.75, 3.05) is 20.8 Å². The standard InChI is InChI=1S/C13H16N2O3/c1-17-6-5-15-9-10(8-14-15)12-7-11(16)3-4-13(12)18-2/h3-4,7-9,16H,5-6H2,1-2H3. The van der Waals surface area contributed by atoms with Crippen molar-refractivity contribution < 1.29 is 14.6 Å². The van der Waals surface area contributed by atoms with E-state index < -0.39 is 0 Å². The van der Waals surface area contributed by atoms with Crippen LogP contribution in [-0.4, -0.2) is 35.7 Å². The lowest BCUT2D eigenvalue weighted by Crippen LogP contribution is -2.03. The van der Waals surface area contributed by atoms with Gasteiger partial charge in [-0.2, -0.15) is 5.10 Å². The lowest BCUT2D eigenvalue weighted by atomic mass is 10.1. The van der Waals surface area contributed by atoms with Crippen LogP contribution >= 0.6 is 0 Å². The molecule has 5 nitrogen and oxygen atoms in total. The Kier molecular flexibility index (Phi) is 3.84. The fourth-order valence-electron chi connectivity index (χ4n) is 1.73. The summed E-state index contributed by atoms with van der Waals surface area (Å²) in [5, 5.41) is 13.8. The zero-order chi connectivity index (χ0) is 13.0. The van der Waals surface area contributed by atoms with Crippen molar-refractivity contribution in [2.24, 2.45) is 0 Å². The smallest absolute Gasteiger partial charge is 0.127 e. The van der Waals surface area contributed by atoms with E-state index in [0.717, 1.165) is 11.1 Å². The lowest BCUT2D eigenvalue weighted by molar-refractivity contribution is 0.183. The van der Waals surface area contributed by atoms with Gasteiger partial charge in [0, 0.05) is 24.4 Å². The van der Waals surface area contributed by atoms with Crippen LogP contribution in [0.4, 0.5) is 0 Å². The molecule has 0 aliphatic carbocycles. The fourth-order valence-corrected chi connectivity index (χ4v) is 1.73. The Hall–Kier alpha value is -2.01. The van der Waals surface area contributed by atoms with Gasteiger partial charge in [0.2, 0.25) is 0 Å². The van der Waals surface area contributed by atoms with E-state index in [1.165, 1.54) is 0 Å². The molecule has 2 aromatic rings. The number of aromatic nitrogens is 2. The Morgan fingerprint density at radius 3 is 2.89 bits per heavy atom. The summed E-state index contributed by atoms with van der Waals surface area (Å²) in [6, 6.07) is 4.99. The van der Waals surface area contributed by atoms with E-state index in [4.69, 9.17) is 9.47 Å². The molecule has 1 aromatic carbocycles. The Labute approximate surface area is 106 Å². The molecule has 1 aromatic heterocycles. The number of benzene rings is 1. The summed E-state index contributed by atoms with van der Waals surface area (Å²) < 4.78 is 12.1. The SMILES string of the molecule is COCCn1cc(-c2cc(O)ccc2OC)cn1. The molecule has 0 saturated heterocycles. The van der Waals surface area contributed by atoms with Crippen LogP contribution in [0.25, 0.3) is 11.1 Å². The van der Waals surface area contributed by atoms with Gasteiger partial charge >= 0.3 is 0 Å². The van der Waals surface area contributed by atoms with Crippen molar-refractivity contribution >= 4 is 0 Å². The van der Waals surface area contributed by atoms with Crippen LogP contribution in [0.1, 0.15) is 0 Å². The Morgan fingerprint density at radius 2 is 2.17 bits per heavy atom. The molecular formula is C13H16N2O3. The van der Waals surface area contributed by atoms with Crippen molar-refractivity contribution in [3.8, 4) is 22.6 Å². The molecule has 0 aliphatic heterocycles. The number of rotatable bonds is 5. The molecule has 0 amide bonds. The molecule has 2 rings (SSSR count). The maximum Gasteiger partial charge on any atom is 0.127 e. The van der Waals surface area contributed by atoms with Crippen molar-refractivity contribution in [3.05, 3.63) is 30.6 Å². The molecule has 1 heterocycles. The molecule has 0 radical (unpaired) electrons. The van der Waals surface area contributed by atoms with E-state index in [0.29, 0.717) is 18.9 Å². The highest BCUT2D eigenvalue weighted by Gasteiger charge is 2.09. The number of phenols is 1. The van der Waals surface area contributed by atoms with E-state index in [2.05, 4.69) is 5.10 Å². The molecule has 0 unspecified atom stereocenters. The average molecular weight is 248 g/mol. The van der Waals surface area contributed by atoms with Gasteiger partial charge in [-0.1, -0.05) is 0 Å². The molecule has 0 spiro atoms. The first-order valence-corrected chi connectivity index (χ1v) is 5.63. The molecule has 0 atom stereocenters. The van der Waals surface area contributed by atoms with Crippen molar-refractivity contribution in [3.63, 3.8) is 0 Å². The Morgan fingerprint density at radius 1 is 1.33 bits per heavy atom. The second-order valence-corrected chi connectivity index (χ2v) is 3.87. The number of hydrogen-bond acceptors (Lipinski definition) is 4. The summed E-state index contributed by atoms with van der Waals surface area (Å²) in [7, 11) is 3.26. The van der Waals surface area contributed by atoms with Crippen LogP contribution in [0.3, 0.4) is 0 Å². The highest BCUT2D eigenvalue weighted by molar-refractivity contribution is 5.70. The van der Waals surface area contributed by atoms with E-state index in [1.807, 2.05) is 6.20 Å². The summed E-state index contributed by atoms with van der Waals surface area (Å²) in [4.78, 5) is 0. The van der Waals surface area contributed by atoms with Crippen molar-refractivity contribution in [1.29, 1.82) is 0 Å². The van der Waals surface area contributed by atoms with Crippen LogP contribution < -0.4 is 4.74 Å². The maximum atomic E-state index is 9.54. The first-order chi connectivity index (χ1) is 8.74. The zero-order valence-electron chi connectivity index (χ0n) is 10.5. The molecule has 0 aliphatic rings. The van der Waals surface area contributed by atoms with Crippen LogP contribution in [-0.2, 0) is 11.3 Å². The lowest BCUT2D eigenvalue weighted by Gasteiger charge is -2.06. The summed E-state index contributed by atoms with van der Waals surface area (Å²) in [5.41, 5.74) is 1.72. The van der Waals surface area contributed by atoms with Gasteiger partial charge in [0.15, 0.2) is 0 Å². The predicted molar refractivity (Wildman–Crippen MR) is 67.8 cm³/mol. The maximum absolute atomic E-state index is 9.54. The summed E-state index contributed by atoms with van der Waals surface area (Å²) in [6.07, 6.45) is 3.64. The van der Waals surface area contributed by atoms with Gasteiger partial charge in [-0.3, -0.25) is 4.68 Å². The number of aromatic hydroxyl groups is 1. The largest absolute Gasteiger partial charge is 0.508 e. The minimum atomic E-state index is 0.204. The molecule has 0 bridgehead atoms. The summed E-state index contributed by atoms with van der Waals surface area (Å²) in [5.74, 6) is 0.912. The molecule has 5 heteroatoms. The van der Waals surface area contributed by atoms with Gasteiger partial charge in [0.25, 0.3) is 0 Å². The van der Waals surface area contributed by atoms with Crippen molar-refractivity contribution in [1.82, 2.24) is 9.78 Å². The summed E-state index contributed by atoms with van der Waals surface area (Å²) in [6.45, 7) is 1.30. The first kappa shape index (κ1) is 12.4. The third kappa shape index (κ3) is 2.62. The highest BCUT2D eigenvalue weighted by Crippen LogP contribution is 2.32. The van der Waals surface area contributed by atoms with Crippen LogP contribution in [0, 0.1) is 0 Å². The number of methoxy groups -OCH3 is 2. The number of phenolic OH excluding ortho intramolecular Hbond substituents is 1. The second kappa shape index (κ2) is 5.55. The van der Waals surface area contributed by atoms with E-state index >= 15 is 0 Å². The molecule has 18 heavy (non-hydrogen) atoms. The van der Waals surface area contributed by atoms with E-state index in [-0.39, 0.29) is 5.75 Å². The van der Waals surface area contributed by atoms with Gasteiger partial charge in [0.05, 0.1) is 26.5 Å². The van der Waals surface area contributed by atoms with Gasteiger partial charge in [-0.25, -0.2) is 0 Å². The average Bonchev–Trinajstić information content (AvgIpc) is 2.85. The van der Waals surface area contributed by atoms with E-state index in [1.54, 1.807) is 43.3 Å². The van der Waals surface area contributed by atoms with Crippen LogP contribution in [0.2, 0.25) is 0 Å². The second-order valence-electron chi connectivity index (χ2n) is 3.87. The van der Waals surface area contributed by atoms with Crippen molar-refractivity contribution in [2.45, 2.75) is 6.54 Å². The normalized spacial score (nSPS) is 10.6. The van der Waals surface area contributed by atoms with Gasteiger partial charge < -0.3 is 14.6 Å².